The van der Waals surface area contributed by atoms with E-state index in [9.17, 15) is 19.5 Å². The van der Waals surface area contributed by atoms with Crippen LogP contribution in [0.3, 0.4) is 0 Å². The molecule has 3 aliphatic rings. The molecule has 45 heavy (non-hydrogen) atoms. The monoisotopic (exact) mass is 633 g/mol. The highest BCUT2D eigenvalue weighted by molar-refractivity contribution is 6.34. The van der Waals surface area contributed by atoms with Gasteiger partial charge in [0.05, 0.1) is 28.1 Å². The molecule has 9 heteroatoms. The minimum absolute atomic E-state index is 0.0542. The molecule has 2 aromatic rings. The van der Waals surface area contributed by atoms with Gasteiger partial charge in [-0.15, -0.1) is 13.2 Å². The van der Waals surface area contributed by atoms with Crippen LogP contribution in [-0.4, -0.2) is 76.1 Å². The van der Waals surface area contributed by atoms with Crippen LogP contribution in [-0.2, 0) is 25.7 Å². The van der Waals surface area contributed by atoms with Crippen LogP contribution in [0.15, 0.2) is 79.9 Å². The summed E-state index contributed by atoms with van der Waals surface area (Å²) in [4.78, 5) is 49.0. The van der Waals surface area contributed by atoms with Crippen molar-refractivity contribution in [1.29, 1.82) is 0 Å². The quantitative estimate of drug-likeness (QED) is 0.227. The molecular formula is C36H44ClN3O5. The molecule has 2 bridgehead atoms. The number of hydrogen-bond acceptors (Lipinski definition) is 5. The smallest absolute Gasteiger partial charge is 0.253 e. The zero-order chi connectivity index (χ0) is 32.4. The van der Waals surface area contributed by atoms with Crippen LogP contribution < -0.4 is 4.90 Å². The standard InChI is InChI=1S/C36H44ClN3O5/c1-5-19-38(24-26-15-9-7-10-16-26)32(42)29-30-33(43)40(21-13-8-14-22-41)31(36(30)23-25(3)35(29,4)45-36)34(44)39(20-6-2)28-18-12-11-17-27(28)37/h5-7,9-12,15-18,25,29-31,41H,1-2,8,13-14,19-24H2,3-4H3/t25?,29-,30-,31?,35+,36?/m0/s1. The molecule has 3 aliphatic heterocycles. The van der Waals surface area contributed by atoms with Crippen molar-refractivity contribution in [2.45, 2.75) is 63.3 Å². The molecule has 3 amide bonds. The van der Waals surface area contributed by atoms with Crippen LogP contribution in [0.2, 0.25) is 5.02 Å². The van der Waals surface area contributed by atoms with Gasteiger partial charge in [-0.1, -0.05) is 73.1 Å². The first-order valence-electron chi connectivity index (χ1n) is 15.9. The van der Waals surface area contributed by atoms with Gasteiger partial charge in [-0.3, -0.25) is 14.4 Å². The van der Waals surface area contributed by atoms with Crippen molar-refractivity contribution in [1.82, 2.24) is 9.80 Å². The summed E-state index contributed by atoms with van der Waals surface area (Å²) in [5.41, 5.74) is -0.632. The number of ether oxygens (including phenoxy) is 1. The number of nitrogens with zero attached hydrogens (tertiary/aromatic N) is 3. The van der Waals surface area contributed by atoms with Gasteiger partial charge in [-0.2, -0.15) is 0 Å². The summed E-state index contributed by atoms with van der Waals surface area (Å²) in [5.74, 6) is -2.40. The summed E-state index contributed by atoms with van der Waals surface area (Å²) in [6, 6.07) is 15.9. The first kappa shape index (κ1) is 32.9. The van der Waals surface area contributed by atoms with Crippen LogP contribution in [0.1, 0.15) is 45.1 Å². The normalized spacial score (nSPS) is 28.2. The predicted molar refractivity (Wildman–Crippen MR) is 175 cm³/mol. The second-order valence-corrected chi connectivity index (χ2v) is 13.1. The summed E-state index contributed by atoms with van der Waals surface area (Å²) in [5, 5.41) is 9.78. The Hall–Kier alpha value is -3.46. The number of halogens is 1. The zero-order valence-electron chi connectivity index (χ0n) is 26.2. The van der Waals surface area contributed by atoms with Crippen LogP contribution in [0, 0.1) is 17.8 Å². The van der Waals surface area contributed by atoms with Crippen LogP contribution in [0.25, 0.3) is 0 Å². The number of amides is 3. The Bertz CT molecular complexity index is 1430. The number of unbranched alkanes of at least 4 members (excludes halogenated alkanes) is 2. The highest BCUT2D eigenvalue weighted by atomic mass is 35.5. The lowest BCUT2D eigenvalue weighted by molar-refractivity contribution is -0.151. The van der Waals surface area contributed by atoms with Crippen molar-refractivity contribution in [3.05, 3.63) is 90.5 Å². The third kappa shape index (κ3) is 5.73. The van der Waals surface area contributed by atoms with Crippen LogP contribution in [0.5, 0.6) is 0 Å². The number of aliphatic hydroxyl groups excluding tert-OH is 1. The largest absolute Gasteiger partial charge is 0.396 e. The highest BCUT2D eigenvalue weighted by Crippen LogP contribution is 2.65. The average Bonchev–Trinajstić information content (AvgIpc) is 3.54. The van der Waals surface area contributed by atoms with Crippen LogP contribution >= 0.6 is 11.6 Å². The maximum absolute atomic E-state index is 14.8. The van der Waals surface area contributed by atoms with Gasteiger partial charge in [0.1, 0.15) is 11.6 Å². The van der Waals surface area contributed by atoms with Gasteiger partial charge in [0.2, 0.25) is 11.8 Å². The molecule has 0 saturated carbocycles. The van der Waals surface area contributed by atoms with E-state index in [1.807, 2.05) is 50.2 Å². The summed E-state index contributed by atoms with van der Waals surface area (Å²) in [7, 11) is 0. The molecule has 3 unspecified atom stereocenters. The van der Waals surface area contributed by atoms with E-state index in [0.717, 1.165) is 5.56 Å². The number of para-hydroxylation sites is 1. The van der Waals surface area contributed by atoms with E-state index in [1.165, 1.54) is 0 Å². The molecule has 0 aliphatic carbocycles. The van der Waals surface area contributed by atoms with E-state index in [0.29, 0.717) is 56.0 Å². The first-order valence-corrected chi connectivity index (χ1v) is 16.2. The molecule has 1 spiro atoms. The number of carbonyl (C=O) groups is 3. The molecule has 2 aromatic carbocycles. The van der Waals surface area contributed by atoms with E-state index in [2.05, 4.69) is 13.2 Å². The van der Waals surface area contributed by atoms with Crippen molar-refractivity contribution in [3.8, 4) is 0 Å². The Morgan fingerprint density at radius 2 is 1.73 bits per heavy atom. The lowest BCUT2D eigenvalue weighted by Crippen LogP contribution is -2.57. The molecule has 3 saturated heterocycles. The van der Waals surface area contributed by atoms with Gasteiger partial charge in [0.15, 0.2) is 0 Å². The summed E-state index contributed by atoms with van der Waals surface area (Å²) < 4.78 is 6.97. The van der Waals surface area contributed by atoms with E-state index in [-0.39, 0.29) is 36.8 Å². The third-order valence-corrected chi connectivity index (χ3v) is 10.3. The number of likely N-dealkylation sites (tertiary alicyclic amines) is 1. The minimum atomic E-state index is -1.19. The minimum Gasteiger partial charge on any atom is -0.396 e. The van der Waals surface area contributed by atoms with Crippen molar-refractivity contribution >= 4 is 35.0 Å². The number of hydrogen-bond donors (Lipinski definition) is 1. The van der Waals surface area contributed by atoms with Gasteiger partial charge in [0, 0.05) is 32.8 Å². The molecular weight excluding hydrogens is 590 g/mol. The number of fused-ring (bicyclic) bond motifs is 1. The lowest BCUT2D eigenvalue weighted by Gasteiger charge is -2.39. The fraction of sp³-hybridized carbons (Fsp3) is 0.472. The number of anilines is 1. The van der Waals surface area contributed by atoms with E-state index in [4.69, 9.17) is 16.3 Å². The molecule has 3 heterocycles. The zero-order valence-corrected chi connectivity index (χ0v) is 27.0. The third-order valence-electron chi connectivity index (χ3n) is 9.97. The Balaban J connectivity index is 1.58. The van der Waals surface area contributed by atoms with Gasteiger partial charge < -0.3 is 24.5 Å². The van der Waals surface area contributed by atoms with E-state index >= 15 is 0 Å². The number of benzene rings is 2. The maximum Gasteiger partial charge on any atom is 0.253 e. The van der Waals surface area contributed by atoms with Gasteiger partial charge in [-0.25, -0.2) is 0 Å². The summed E-state index contributed by atoms with van der Waals surface area (Å²) in [6.45, 7) is 13.0. The van der Waals surface area contributed by atoms with E-state index in [1.54, 1.807) is 45.1 Å². The molecule has 0 radical (unpaired) electrons. The molecule has 1 N–H and O–H groups in total. The Labute approximate surface area is 271 Å². The Morgan fingerprint density at radius 1 is 1.04 bits per heavy atom. The van der Waals surface area contributed by atoms with Crippen LogP contribution in [0.4, 0.5) is 5.69 Å². The fourth-order valence-electron chi connectivity index (χ4n) is 7.85. The number of aliphatic hydroxyl groups is 1. The van der Waals surface area contributed by atoms with Gasteiger partial charge >= 0.3 is 0 Å². The van der Waals surface area contributed by atoms with Crippen molar-refractivity contribution in [3.63, 3.8) is 0 Å². The Kier molecular flexibility index (Phi) is 9.87. The van der Waals surface area contributed by atoms with E-state index < -0.39 is 29.1 Å². The number of rotatable bonds is 14. The molecule has 240 valence electrons. The summed E-state index contributed by atoms with van der Waals surface area (Å²) in [6.07, 6.45) is 5.70. The predicted octanol–water partition coefficient (Wildman–Crippen LogP) is 5.25. The SMILES string of the molecule is C=CCN(Cc1ccccc1)C(=O)[C@@H]1[C@H]2C(=O)N(CCCCCO)C(C(=O)N(CC=C)c3ccccc3Cl)C23CC(C)[C@@]1(C)O3. The van der Waals surface area contributed by atoms with Crippen molar-refractivity contribution in [2.75, 3.05) is 31.1 Å². The van der Waals surface area contributed by atoms with Gasteiger partial charge in [-0.05, 0) is 56.2 Å². The highest BCUT2D eigenvalue weighted by Gasteiger charge is 2.80. The lowest BCUT2D eigenvalue weighted by atomic mass is 9.62. The fourth-order valence-corrected chi connectivity index (χ4v) is 8.09. The topological polar surface area (TPSA) is 90.4 Å². The molecule has 8 nitrogen and oxygen atoms in total. The molecule has 5 rings (SSSR count). The average molecular weight is 634 g/mol. The second kappa shape index (κ2) is 13.5. The van der Waals surface area contributed by atoms with Crippen molar-refractivity contribution in [2.24, 2.45) is 17.8 Å². The summed E-state index contributed by atoms with van der Waals surface area (Å²) >= 11 is 6.60. The van der Waals surface area contributed by atoms with Crippen molar-refractivity contribution < 1.29 is 24.2 Å². The second-order valence-electron chi connectivity index (χ2n) is 12.7. The molecule has 0 aromatic heterocycles. The Morgan fingerprint density at radius 3 is 2.40 bits per heavy atom. The first-order chi connectivity index (χ1) is 21.6. The molecule has 3 fully saturated rings. The molecule has 6 atom stereocenters. The van der Waals surface area contributed by atoms with Gasteiger partial charge in [0.25, 0.3) is 5.91 Å². The maximum atomic E-state index is 14.8. The number of carbonyl (C=O) groups excluding carboxylic acids is 3.